The van der Waals surface area contributed by atoms with Gasteiger partial charge < -0.3 is 23.7 Å². The molecule has 250 valence electrons. The number of thiazole rings is 1. The zero-order valence-corrected chi connectivity index (χ0v) is 28.1. The minimum absolute atomic E-state index is 0.129. The SMILES string of the molecule is CCOC(=O)C1=C(c2ccccc2)N=c2s/c(=C\c3cccc(OC)c3OCc3ccc(F)cc3)c(=O)n2[C@H]1c1ccc(OC)c(OC)c1. The summed E-state index contributed by atoms with van der Waals surface area (Å²) in [5.74, 6) is 0.864. The summed E-state index contributed by atoms with van der Waals surface area (Å²) >= 11 is 1.18. The van der Waals surface area contributed by atoms with Crippen molar-refractivity contribution in [1.82, 2.24) is 4.57 Å². The summed E-state index contributed by atoms with van der Waals surface area (Å²) in [5, 5.41) is 0. The number of para-hydroxylation sites is 1. The van der Waals surface area contributed by atoms with Crippen LogP contribution in [0.4, 0.5) is 4.39 Å². The van der Waals surface area contributed by atoms with Crippen molar-refractivity contribution in [2.75, 3.05) is 27.9 Å². The van der Waals surface area contributed by atoms with Gasteiger partial charge in [0.15, 0.2) is 27.8 Å². The second kappa shape index (κ2) is 14.6. The van der Waals surface area contributed by atoms with Crippen molar-refractivity contribution in [1.29, 1.82) is 0 Å². The molecule has 0 bridgehead atoms. The molecular weight excluding hydrogens is 647 g/mol. The van der Waals surface area contributed by atoms with Crippen molar-refractivity contribution >= 4 is 29.1 Å². The standard InChI is InChI=1S/C38H33FN2O7S/c1-5-47-37(43)32-33(24-10-7-6-8-11-24)40-38-41(34(32)25-16-19-28(44-2)30(20-25)46-4)36(42)31(49-38)21-26-12-9-13-29(45-3)35(26)48-22-23-14-17-27(39)18-15-23/h6-21,34H,5,22H2,1-4H3/b31-21-/t34-/m0/s1. The monoisotopic (exact) mass is 680 g/mol. The van der Waals surface area contributed by atoms with Crippen LogP contribution in [0.2, 0.25) is 0 Å². The molecule has 0 N–H and O–H groups in total. The van der Waals surface area contributed by atoms with Crippen LogP contribution in [0, 0.1) is 5.82 Å². The summed E-state index contributed by atoms with van der Waals surface area (Å²) in [4.78, 5) is 33.6. The lowest BCUT2D eigenvalue weighted by atomic mass is 9.93. The van der Waals surface area contributed by atoms with Crippen LogP contribution in [-0.4, -0.2) is 38.5 Å². The van der Waals surface area contributed by atoms with Crippen LogP contribution in [0.15, 0.2) is 106 Å². The van der Waals surface area contributed by atoms with Gasteiger partial charge in [-0.25, -0.2) is 14.2 Å². The largest absolute Gasteiger partial charge is 0.493 e. The van der Waals surface area contributed by atoms with Gasteiger partial charge in [-0.05, 0) is 54.5 Å². The molecule has 0 unspecified atom stereocenters. The van der Waals surface area contributed by atoms with Gasteiger partial charge in [-0.2, -0.15) is 0 Å². The molecular formula is C38H33FN2O7S. The molecule has 0 saturated carbocycles. The van der Waals surface area contributed by atoms with Crippen LogP contribution in [-0.2, 0) is 16.1 Å². The first-order chi connectivity index (χ1) is 23.9. The van der Waals surface area contributed by atoms with Crippen LogP contribution >= 0.6 is 11.3 Å². The van der Waals surface area contributed by atoms with E-state index in [1.54, 1.807) is 55.5 Å². The number of benzene rings is 4. The highest BCUT2D eigenvalue weighted by Crippen LogP contribution is 2.39. The minimum atomic E-state index is -0.910. The summed E-state index contributed by atoms with van der Waals surface area (Å²) in [6, 6.07) is 25.1. The summed E-state index contributed by atoms with van der Waals surface area (Å²) in [6.45, 7) is 2.00. The molecule has 2 heterocycles. The zero-order chi connectivity index (χ0) is 34.5. The third kappa shape index (κ3) is 6.70. The second-order valence-corrected chi connectivity index (χ2v) is 11.8. The maximum atomic E-state index is 14.5. The number of ether oxygens (including phenoxy) is 5. The third-order valence-electron chi connectivity index (χ3n) is 7.91. The lowest BCUT2D eigenvalue weighted by molar-refractivity contribution is -0.138. The van der Waals surface area contributed by atoms with Gasteiger partial charge in [-0.3, -0.25) is 9.36 Å². The number of hydrogen-bond acceptors (Lipinski definition) is 9. The Hall–Kier alpha value is -5.68. The molecule has 0 fully saturated rings. The van der Waals surface area contributed by atoms with Crippen LogP contribution in [0.5, 0.6) is 23.0 Å². The summed E-state index contributed by atoms with van der Waals surface area (Å²) < 4.78 is 43.8. The Labute approximate surface area is 285 Å². The predicted octanol–water partition coefficient (Wildman–Crippen LogP) is 5.68. The van der Waals surface area contributed by atoms with E-state index in [1.165, 1.54) is 49.4 Å². The van der Waals surface area contributed by atoms with Crippen molar-refractivity contribution in [3.8, 4) is 23.0 Å². The second-order valence-electron chi connectivity index (χ2n) is 10.8. The number of hydrogen-bond donors (Lipinski definition) is 0. The number of carbonyl (C=O) groups excluding carboxylic acids is 1. The number of halogens is 1. The van der Waals surface area contributed by atoms with Gasteiger partial charge in [0.2, 0.25) is 0 Å². The van der Waals surface area contributed by atoms with Gasteiger partial charge in [0.1, 0.15) is 12.4 Å². The Morgan fingerprint density at radius 3 is 2.33 bits per heavy atom. The van der Waals surface area contributed by atoms with Gasteiger partial charge in [-0.1, -0.05) is 72.0 Å². The van der Waals surface area contributed by atoms with Crippen LogP contribution in [0.25, 0.3) is 11.8 Å². The number of nitrogens with zero attached hydrogens (tertiary/aromatic N) is 2. The van der Waals surface area contributed by atoms with E-state index < -0.39 is 12.0 Å². The molecule has 0 spiro atoms. The molecule has 0 saturated heterocycles. The first-order valence-electron chi connectivity index (χ1n) is 15.4. The Morgan fingerprint density at radius 2 is 1.63 bits per heavy atom. The fourth-order valence-corrected chi connectivity index (χ4v) is 6.61. The summed E-state index contributed by atoms with van der Waals surface area (Å²) in [5.41, 5.74) is 2.87. The topological polar surface area (TPSA) is 97.6 Å². The van der Waals surface area contributed by atoms with E-state index >= 15 is 0 Å². The van der Waals surface area contributed by atoms with Crippen molar-refractivity contribution < 1.29 is 32.9 Å². The summed E-state index contributed by atoms with van der Waals surface area (Å²) in [6.07, 6.45) is 1.72. The van der Waals surface area contributed by atoms with Crippen LogP contribution in [0.1, 0.15) is 35.2 Å². The fraction of sp³-hybridized carbons (Fsp3) is 0.184. The molecule has 0 radical (unpaired) electrons. The molecule has 0 aliphatic carbocycles. The molecule has 49 heavy (non-hydrogen) atoms. The number of methoxy groups -OCH3 is 3. The highest BCUT2D eigenvalue weighted by Gasteiger charge is 2.35. The smallest absolute Gasteiger partial charge is 0.338 e. The van der Waals surface area contributed by atoms with Gasteiger partial charge in [0.25, 0.3) is 5.56 Å². The van der Waals surface area contributed by atoms with Gasteiger partial charge >= 0.3 is 5.97 Å². The first kappa shape index (κ1) is 33.2. The number of fused-ring (bicyclic) bond motifs is 1. The normalized spacial score (nSPS) is 14.1. The molecule has 1 atom stereocenters. The molecule has 4 aromatic carbocycles. The van der Waals surface area contributed by atoms with Gasteiger partial charge in [0, 0.05) is 11.1 Å². The van der Waals surface area contributed by atoms with E-state index in [0.717, 1.165) is 5.56 Å². The molecule has 6 rings (SSSR count). The van der Waals surface area contributed by atoms with E-state index in [0.29, 0.717) is 54.7 Å². The molecule has 1 aromatic heterocycles. The molecule has 1 aliphatic rings. The van der Waals surface area contributed by atoms with Crippen molar-refractivity contribution in [2.45, 2.75) is 19.6 Å². The molecule has 0 amide bonds. The molecule has 5 aromatic rings. The quantitative estimate of drug-likeness (QED) is 0.166. The lowest BCUT2D eigenvalue weighted by Gasteiger charge is -2.26. The van der Waals surface area contributed by atoms with E-state index in [1.807, 2.05) is 36.4 Å². The van der Waals surface area contributed by atoms with E-state index in [-0.39, 0.29) is 30.2 Å². The Morgan fingerprint density at radius 1 is 0.898 bits per heavy atom. The highest BCUT2D eigenvalue weighted by atomic mass is 32.1. The highest BCUT2D eigenvalue weighted by molar-refractivity contribution is 7.07. The average molecular weight is 681 g/mol. The Balaban J connectivity index is 1.57. The minimum Gasteiger partial charge on any atom is -0.493 e. The van der Waals surface area contributed by atoms with Crippen LogP contribution in [0.3, 0.4) is 0 Å². The van der Waals surface area contributed by atoms with Crippen LogP contribution < -0.4 is 33.8 Å². The van der Waals surface area contributed by atoms with Gasteiger partial charge in [0.05, 0.1) is 49.8 Å². The van der Waals surface area contributed by atoms with Crippen molar-refractivity contribution in [2.24, 2.45) is 4.99 Å². The lowest BCUT2D eigenvalue weighted by Crippen LogP contribution is -2.40. The third-order valence-corrected chi connectivity index (χ3v) is 8.89. The molecule has 1 aliphatic heterocycles. The zero-order valence-electron chi connectivity index (χ0n) is 27.3. The fourth-order valence-electron chi connectivity index (χ4n) is 5.62. The van der Waals surface area contributed by atoms with E-state index in [4.69, 9.17) is 28.7 Å². The van der Waals surface area contributed by atoms with E-state index in [2.05, 4.69) is 0 Å². The first-order valence-corrected chi connectivity index (χ1v) is 16.2. The Bertz CT molecular complexity index is 2210. The number of rotatable bonds is 11. The average Bonchev–Trinajstić information content (AvgIpc) is 3.44. The maximum Gasteiger partial charge on any atom is 0.338 e. The molecule has 11 heteroatoms. The summed E-state index contributed by atoms with van der Waals surface area (Å²) in [7, 11) is 4.59. The number of carbonyl (C=O) groups is 1. The van der Waals surface area contributed by atoms with Crippen molar-refractivity contribution in [3.05, 3.63) is 144 Å². The maximum absolute atomic E-state index is 14.5. The predicted molar refractivity (Wildman–Crippen MR) is 184 cm³/mol. The number of esters is 1. The van der Waals surface area contributed by atoms with Gasteiger partial charge in [-0.15, -0.1) is 0 Å². The Kier molecular flexibility index (Phi) is 9.91. The molecule has 9 nitrogen and oxygen atoms in total. The number of aromatic nitrogens is 1. The van der Waals surface area contributed by atoms with E-state index in [9.17, 15) is 14.0 Å². The van der Waals surface area contributed by atoms with Crippen molar-refractivity contribution in [3.63, 3.8) is 0 Å².